The lowest BCUT2D eigenvalue weighted by Gasteiger charge is -2.13. The lowest BCUT2D eigenvalue weighted by molar-refractivity contribution is 0.169. The van der Waals surface area contributed by atoms with E-state index < -0.39 is 6.10 Å². The number of aromatic nitrogens is 4. The standard InChI is InChI=1S/C13H17ClN4O/c1-9(2)7-18-12(16-8-17-18)6-11(19)13-10(14)4-3-5-15-13/h3-5,8-9,11,19H,6-7H2,1-2H3. The second-order valence-electron chi connectivity index (χ2n) is 4.84. The van der Waals surface area contributed by atoms with Gasteiger partial charge >= 0.3 is 0 Å². The van der Waals surface area contributed by atoms with Crippen molar-refractivity contribution in [3.63, 3.8) is 0 Å². The van der Waals surface area contributed by atoms with Crippen molar-refractivity contribution in [3.05, 3.63) is 41.2 Å². The van der Waals surface area contributed by atoms with Gasteiger partial charge in [0, 0.05) is 19.2 Å². The molecule has 0 aliphatic heterocycles. The Balaban J connectivity index is 2.13. The highest BCUT2D eigenvalue weighted by Crippen LogP contribution is 2.22. The molecule has 2 aromatic heterocycles. The van der Waals surface area contributed by atoms with Gasteiger partial charge in [0.1, 0.15) is 18.3 Å². The van der Waals surface area contributed by atoms with Crippen LogP contribution in [0.25, 0.3) is 0 Å². The second-order valence-corrected chi connectivity index (χ2v) is 5.25. The normalized spacial score (nSPS) is 12.9. The average Bonchev–Trinajstić information content (AvgIpc) is 2.76. The zero-order chi connectivity index (χ0) is 13.8. The molecule has 2 rings (SSSR count). The third-order valence-electron chi connectivity index (χ3n) is 2.71. The summed E-state index contributed by atoms with van der Waals surface area (Å²) in [5.74, 6) is 1.21. The van der Waals surface area contributed by atoms with Gasteiger partial charge in [-0.25, -0.2) is 9.67 Å². The van der Waals surface area contributed by atoms with Crippen LogP contribution in [0.1, 0.15) is 31.5 Å². The van der Waals surface area contributed by atoms with E-state index in [4.69, 9.17) is 11.6 Å². The molecule has 0 saturated carbocycles. The van der Waals surface area contributed by atoms with E-state index >= 15 is 0 Å². The number of aliphatic hydroxyl groups is 1. The van der Waals surface area contributed by atoms with Crippen molar-refractivity contribution in [2.75, 3.05) is 0 Å². The lowest BCUT2D eigenvalue weighted by Crippen LogP contribution is -2.14. The minimum absolute atomic E-state index is 0.351. The van der Waals surface area contributed by atoms with E-state index in [1.807, 2.05) is 4.68 Å². The predicted octanol–water partition coefficient (Wildman–Crippen LogP) is 2.26. The number of aliphatic hydroxyl groups excluding tert-OH is 1. The van der Waals surface area contributed by atoms with E-state index in [1.54, 1.807) is 18.3 Å². The number of pyridine rings is 1. The third kappa shape index (κ3) is 3.52. The van der Waals surface area contributed by atoms with E-state index in [0.717, 1.165) is 12.4 Å². The van der Waals surface area contributed by atoms with Crippen LogP contribution in [-0.4, -0.2) is 24.9 Å². The molecule has 102 valence electrons. The molecule has 0 amide bonds. The topological polar surface area (TPSA) is 63.8 Å². The number of hydrogen-bond donors (Lipinski definition) is 1. The van der Waals surface area contributed by atoms with Gasteiger partial charge in [-0.2, -0.15) is 5.10 Å². The molecule has 0 aliphatic rings. The Morgan fingerprint density at radius 2 is 2.16 bits per heavy atom. The molecule has 5 nitrogen and oxygen atoms in total. The molecule has 2 heterocycles. The van der Waals surface area contributed by atoms with Crippen LogP contribution in [-0.2, 0) is 13.0 Å². The number of rotatable bonds is 5. The summed E-state index contributed by atoms with van der Waals surface area (Å²) in [6.45, 7) is 4.99. The van der Waals surface area contributed by atoms with Gasteiger partial charge in [-0.1, -0.05) is 25.4 Å². The average molecular weight is 281 g/mol. The summed E-state index contributed by atoms with van der Waals surface area (Å²) in [5, 5.41) is 14.8. The highest BCUT2D eigenvalue weighted by molar-refractivity contribution is 6.31. The highest BCUT2D eigenvalue weighted by Gasteiger charge is 2.17. The van der Waals surface area contributed by atoms with Crippen LogP contribution >= 0.6 is 11.6 Å². The maximum absolute atomic E-state index is 10.2. The number of nitrogens with zero attached hydrogens (tertiary/aromatic N) is 4. The zero-order valence-corrected chi connectivity index (χ0v) is 11.7. The SMILES string of the molecule is CC(C)Cn1ncnc1CC(O)c1ncccc1Cl. The molecule has 0 radical (unpaired) electrons. The summed E-state index contributed by atoms with van der Waals surface area (Å²) < 4.78 is 1.81. The minimum Gasteiger partial charge on any atom is -0.386 e. The van der Waals surface area contributed by atoms with Crippen molar-refractivity contribution in [1.29, 1.82) is 0 Å². The Kier molecular flexibility index (Phi) is 4.50. The predicted molar refractivity (Wildman–Crippen MR) is 72.8 cm³/mol. The first-order chi connectivity index (χ1) is 9.08. The summed E-state index contributed by atoms with van der Waals surface area (Å²) in [6.07, 6.45) is 2.70. The van der Waals surface area contributed by atoms with Crippen LogP contribution < -0.4 is 0 Å². The Labute approximate surface area is 117 Å². The van der Waals surface area contributed by atoms with Crippen LogP contribution in [0.5, 0.6) is 0 Å². The van der Waals surface area contributed by atoms with Crippen molar-refractivity contribution >= 4 is 11.6 Å². The summed E-state index contributed by atoms with van der Waals surface area (Å²) in [7, 11) is 0. The summed E-state index contributed by atoms with van der Waals surface area (Å²) in [5.41, 5.74) is 0.475. The molecule has 1 atom stereocenters. The van der Waals surface area contributed by atoms with E-state index in [1.165, 1.54) is 6.33 Å². The molecule has 0 saturated heterocycles. The first-order valence-electron chi connectivity index (χ1n) is 6.23. The van der Waals surface area contributed by atoms with Gasteiger partial charge < -0.3 is 5.11 Å². The first kappa shape index (κ1) is 14.0. The number of halogens is 1. The van der Waals surface area contributed by atoms with E-state index in [0.29, 0.717) is 23.1 Å². The molecule has 19 heavy (non-hydrogen) atoms. The van der Waals surface area contributed by atoms with Crippen LogP contribution in [0.3, 0.4) is 0 Å². The van der Waals surface area contributed by atoms with Crippen LogP contribution in [0.15, 0.2) is 24.7 Å². The smallest absolute Gasteiger partial charge is 0.138 e. The van der Waals surface area contributed by atoms with Gasteiger partial charge in [0.2, 0.25) is 0 Å². The molecule has 2 aromatic rings. The third-order valence-corrected chi connectivity index (χ3v) is 3.03. The zero-order valence-electron chi connectivity index (χ0n) is 11.0. The van der Waals surface area contributed by atoms with Gasteiger partial charge in [-0.15, -0.1) is 0 Å². The fourth-order valence-electron chi connectivity index (χ4n) is 1.86. The van der Waals surface area contributed by atoms with E-state index in [-0.39, 0.29) is 0 Å². The maximum atomic E-state index is 10.2. The molecule has 0 fully saturated rings. The minimum atomic E-state index is -0.774. The highest BCUT2D eigenvalue weighted by atomic mass is 35.5. The lowest BCUT2D eigenvalue weighted by atomic mass is 10.1. The van der Waals surface area contributed by atoms with Gasteiger partial charge in [0.25, 0.3) is 0 Å². The number of hydrogen-bond acceptors (Lipinski definition) is 4. The van der Waals surface area contributed by atoms with Crippen molar-refractivity contribution in [2.45, 2.75) is 32.9 Å². The van der Waals surface area contributed by atoms with Crippen molar-refractivity contribution in [2.24, 2.45) is 5.92 Å². The Morgan fingerprint density at radius 1 is 1.37 bits per heavy atom. The van der Waals surface area contributed by atoms with Crippen molar-refractivity contribution < 1.29 is 5.11 Å². The molecule has 6 heteroatoms. The second kappa shape index (κ2) is 6.12. The molecule has 0 aromatic carbocycles. The van der Waals surface area contributed by atoms with Crippen molar-refractivity contribution in [3.8, 4) is 0 Å². The molecular formula is C13H17ClN4O. The Hall–Kier alpha value is -1.46. The quantitative estimate of drug-likeness (QED) is 0.912. The first-order valence-corrected chi connectivity index (χ1v) is 6.61. The molecule has 0 spiro atoms. The van der Waals surface area contributed by atoms with Crippen molar-refractivity contribution in [1.82, 2.24) is 19.7 Å². The van der Waals surface area contributed by atoms with Crippen LogP contribution in [0, 0.1) is 5.92 Å². The molecule has 0 bridgehead atoms. The van der Waals surface area contributed by atoms with Gasteiger partial charge in [-0.3, -0.25) is 4.98 Å². The van der Waals surface area contributed by atoms with Gasteiger partial charge in [0.15, 0.2) is 0 Å². The fourth-order valence-corrected chi connectivity index (χ4v) is 2.10. The molecule has 1 N–H and O–H groups in total. The largest absolute Gasteiger partial charge is 0.386 e. The summed E-state index contributed by atoms with van der Waals surface area (Å²) in [6, 6.07) is 3.45. The van der Waals surface area contributed by atoms with Crippen LogP contribution in [0.2, 0.25) is 5.02 Å². The Morgan fingerprint density at radius 3 is 2.84 bits per heavy atom. The molecule has 0 aliphatic carbocycles. The van der Waals surface area contributed by atoms with Gasteiger partial charge in [0.05, 0.1) is 10.7 Å². The van der Waals surface area contributed by atoms with Crippen LogP contribution in [0.4, 0.5) is 0 Å². The maximum Gasteiger partial charge on any atom is 0.138 e. The molecular weight excluding hydrogens is 264 g/mol. The monoisotopic (exact) mass is 280 g/mol. The summed E-state index contributed by atoms with van der Waals surface area (Å²) in [4.78, 5) is 8.30. The summed E-state index contributed by atoms with van der Waals surface area (Å²) >= 11 is 6.02. The Bertz CT molecular complexity index is 541. The molecule has 1 unspecified atom stereocenters. The van der Waals surface area contributed by atoms with E-state index in [2.05, 4.69) is 28.9 Å². The van der Waals surface area contributed by atoms with Gasteiger partial charge in [-0.05, 0) is 18.1 Å². The fraction of sp³-hybridized carbons (Fsp3) is 0.462. The van der Waals surface area contributed by atoms with E-state index in [9.17, 15) is 5.11 Å².